The van der Waals surface area contributed by atoms with Crippen molar-refractivity contribution in [1.29, 1.82) is 0 Å². The number of amides is 1. The Morgan fingerprint density at radius 3 is 2.82 bits per heavy atom. The third kappa shape index (κ3) is 3.48. The van der Waals surface area contributed by atoms with Crippen molar-refractivity contribution in [2.45, 2.75) is 11.4 Å². The fourth-order valence-electron chi connectivity index (χ4n) is 1.15. The Labute approximate surface area is 99.5 Å². The Hall–Kier alpha value is -1.51. The Balaban J connectivity index is 2.93. The number of carbonyl (C=O) groups is 1. The van der Waals surface area contributed by atoms with Crippen molar-refractivity contribution in [3.05, 3.63) is 24.0 Å². The van der Waals surface area contributed by atoms with Gasteiger partial charge in [0.05, 0.1) is 12.2 Å². The summed E-state index contributed by atoms with van der Waals surface area (Å²) >= 11 is 0. The van der Waals surface area contributed by atoms with E-state index >= 15 is 0 Å². The summed E-state index contributed by atoms with van der Waals surface area (Å²) in [6, 6.07) is 2.88. The zero-order chi connectivity index (χ0) is 12.9. The molecule has 17 heavy (non-hydrogen) atoms. The van der Waals surface area contributed by atoms with Gasteiger partial charge >= 0.3 is 0 Å². The summed E-state index contributed by atoms with van der Waals surface area (Å²) in [4.78, 5) is 14.8. The average molecular weight is 258 g/mol. The van der Waals surface area contributed by atoms with E-state index < -0.39 is 15.9 Å². The van der Waals surface area contributed by atoms with Crippen molar-refractivity contribution in [2.24, 2.45) is 5.73 Å². The van der Waals surface area contributed by atoms with Crippen molar-refractivity contribution in [1.82, 2.24) is 15.0 Å². The van der Waals surface area contributed by atoms with E-state index in [9.17, 15) is 13.2 Å². The highest BCUT2D eigenvalue weighted by Gasteiger charge is 2.18. The second-order valence-corrected chi connectivity index (χ2v) is 4.89. The molecule has 0 aliphatic heterocycles. The quantitative estimate of drug-likeness (QED) is 0.598. The minimum atomic E-state index is -3.76. The van der Waals surface area contributed by atoms with Gasteiger partial charge in [-0.3, -0.25) is 9.78 Å². The molecule has 1 amide bonds. The zero-order valence-corrected chi connectivity index (χ0v) is 10.1. The molecule has 4 N–H and O–H groups in total. The maximum absolute atomic E-state index is 11.8. The number of sulfonamides is 1. The lowest BCUT2D eigenvalue weighted by Gasteiger charge is -2.08. The number of nitrogens with one attached hydrogen (secondary N) is 2. The van der Waals surface area contributed by atoms with Crippen molar-refractivity contribution < 1.29 is 13.2 Å². The number of hydrogen-bond donors (Lipinski definition) is 3. The van der Waals surface area contributed by atoms with Gasteiger partial charge in [-0.2, -0.15) is 0 Å². The van der Waals surface area contributed by atoms with Crippen LogP contribution in [0.15, 0.2) is 23.2 Å². The first-order valence-electron chi connectivity index (χ1n) is 4.85. The van der Waals surface area contributed by atoms with Crippen LogP contribution in [0.2, 0.25) is 0 Å². The van der Waals surface area contributed by atoms with E-state index in [-0.39, 0.29) is 23.7 Å². The van der Waals surface area contributed by atoms with Gasteiger partial charge in [-0.05, 0) is 12.1 Å². The van der Waals surface area contributed by atoms with Crippen LogP contribution in [0.4, 0.5) is 0 Å². The maximum atomic E-state index is 11.8. The van der Waals surface area contributed by atoms with Gasteiger partial charge in [0.2, 0.25) is 15.9 Å². The predicted octanol–water partition coefficient (Wildman–Crippen LogP) is -1.44. The molecule has 0 saturated heterocycles. The highest BCUT2D eigenvalue weighted by atomic mass is 32.2. The second-order valence-electron chi connectivity index (χ2n) is 3.15. The van der Waals surface area contributed by atoms with E-state index in [4.69, 9.17) is 5.73 Å². The van der Waals surface area contributed by atoms with Gasteiger partial charge in [0, 0.05) is 19.8 Å². The highest BCUT2D eigenvalue weighted by Crippen LogP contribution is 2.11. The van der Waals surface area contributed by atoms with E-state index in [1.165, 1.54) is 25.4 Å². The van der Waals surface area contributed by atoms with Gasteiger partial charge in [-0.1, -0.05) is 0 Å². The Morgan fingerprint density at radius 2 is 2.24 bits per heavy atom. The van der Waals surface area contributed by atoms with Crippen LogP contribution in [-0.4, -0.2) is 32.9 Å². The molecule has 0 spiro atoms. The summed E-state index contributed by atoms with van der Waals surface area (Å²) in [7, 11) is -2.34. The highest BCUT2D eigenvalue weighted by molar-refractivity contribution is 7.89. The minimum Gasteiger partial charge on any atom is -0.358 e. The molecule has 1 heterocycles. The molecule has 0 aliphatic rings. The van der Waals surface area contributed by atoms with Gasteiger partial charge in [-0.15, -0.1) is 0 Å². The molecule has 1 aromatic heterocycles. The molecular formula is C9H14N4O3S. The second kappa shape index (κ2) is 5.71. The lowest BCUT2D eigenvalue weighted by Crippen LogP contribution is -2.35. The van der Waals surface area contributed by atoms with Crippen LogP contribution >= 0.6 is 0 Å². The molecule has 0 aromatic carbocycles. The fourth-order valence-corrected chi connectivity index (χ4v) is 2.33. The standard InChI is InChI=1S/C9H14N4O3S/c1-11-9(14)6-13-17(15,16)8-3-2-4-12-7(8)5-10/h2-4,13H,5-6,10H2,1H3,(H,11,14). The van der Waals surface area contributed by atoms with E-state index in [1.807, 2.05) is 0 Å². The first kappa shape index (κ1) is 13.6. The molecule has 7 nitrogen and oxygen atoms in total. The third-order valence-electron chi connectivity index (χ3n) is 2.03. The number of aromatic nitrogens is 1. The molecule has 0 fully saturated rings. The molecule has 0 atom stereocenters. The van der Waals surface area contributed by atoms with E-state index in [1.54, 1.807) is 0 Å². The molecular weight excluding hydrogens is 244 g/mol. The van der Waals surface area contributed by atoms with Crippen molar-refractivity contribution >= 4 is 15.9 Å². The van der Waals surface area contributed by atoms with Crippen LogP contribution in [0.1, 0.15) is 5.69 Å². The largest absolute Gasteiger partial charge is 0.358 e. The maximum Gasteiger partial charge on any atom is 0.242 e. The van der Waals surface area contributed by atoms with Crippen LogP contribution < -0.4 is 15.8 Å². The topological polar surface area (TPSA) is 114 Å². The molecule has 0 unspecified atom stereocenters. The molecule has 1 rings (SSSR count). The molecule has 0 bridgehead atoms. The lowest BCUT2D eigenvalue weighted by molar-refractivity contribution is -0.119. The summed E-state index contributed by atoms with van der Waals surface area (Å²) in [5, 5.41) is 2.31. The Kier molecular flexibility index (Phi) is 4.55. The number of nitrogens with two attached hydrogens (primary N) is 1. The summed E-state index contributed by atoms with van der Waals surface area (Å²) in [5.41, 5.74) is 5.66. The minimum absolute atomic E-state index is 0.00796. The monoisotopic (exact) mass is 258 g/mol. The van der Waals surface area contributed by atoms with E-state index in [0.717, 1.165) is 0 Å². The van der Waals surface area contributed by atoms with Crippen molar-refractivity contribution in [3.8, 4) is 0 Å². The molecule has 0 radical (unpaired) electrons. The van der Waals surface area contributed by atoms with Gasteiger partial charge in [0.1, 0.15) is 4.90 Å². The summed E-state index contributed by atoms with van der Waals surface area (Å²) in [5.74, 6) is -0.424. The van der Waals surface area contributed by atoms with Crippen LogP contribution in [0.25, 0.3) is 0 Å². The number of likely N-dealkylation sites (N-methyl/N-ethyl adjacent to an activating group) is 1. The molecule has 0 saturated carbocycles. The first-order chi connectivity index (χ1) is 8.01. The predicted molar refractivity (Wildman–Crippen MR) is 61.4 cm³/mol. The number of nitrogens with zero attached hydrogens (tertiary/aromatic N) is 1. The third-order valence-corrected chi connectivity index (χ3v) is 3.51. The number of pyridine rings is 1. The SMILES string of the molecule is CNC(=O)CNS(=O)(=O)c1cccnc1CN. The van der Waals surface area contributed by atoms with Crippen LogP contribution in [0, 0.1) is 0 Å². The van der Waals surface area contributed by atoms with Gasteiger partial charge in [0.15, 0.2) is 0 Å². The van der Waals surface area contributed by atoms with E-state index in [0.29, 0.717) is 0 Å². The van der Waals surface area contributed by atoms with Gasteiger partial charge in [-0.25, -0.2) is 13.1 Å². The molecule has 94 valence electrons. The average Bonchev–Trinajstić information content (AvgIpc) is 2.35. The number of hydrogen-bond acceptors (Lipinski definition) is 5. The summed E-state index contributed by atoms with van der Waals surface area (Å²) < 4.78 is 25.9. The lowest BCUT2D eigenvalue weighted by atomic mass is 10.3. The van der Waals surface area contributed by atoms with Crippen LogP contribution in [0.5, 0.6) is 0 Å². The Morgan fingerprint density at radius 1 is 1.53 bits per heavy atom. The van der Waals surface area contributed by atoms with Crippen LogP contribution in [0.3, 0.4) is 0 Å². The Bertz CT molecular complexity index is 501. The number of rotatable bonds is 5. The smallest absolute Gasteiger partial charge is 0.242 e. The molecule has 1 aromatic rings. The summed E-state index contributed by atoms with van der Waals surface area (Å²) in [6.45, 7) is -0.311. The van der Waals surface area contributed by atoms with Crippen molar-refractivity contribution in [2.75, 3.05) is 13.6 Å². The van der Waals surface area contributed by atoms with Gasteiger partial charge < -0.3 is 11.1 Å². The number of carbonyl (C=O) groups excluding carboxylic acids is 1. The molecule has 0 aliphatic carbocycles. The molecule has 8 heteroatoms. The van der Waals surface area contributed by atoms with E-state index in [2.05, 4.69) is 15.0 Å². The van der Waals surface area contributed by atoms with Crippen LogP contribution in [-0.2, 0) is 21.4 Å². The first-order valence-corrected chi connectivity index (χ1v) is 6.33. The van der Waals surface area contributed by atoms with Crippen molar-refractivity contribution in [3.63, 3.8) is 0 Å². The summed E-state index contributed by atoms with van der Waals surface area (Å²) in [6.07, 6.45) is 1.46. The fraction of sp³-hybridized carbons (Fsp3) is 0.333. The van der Waals surface area contributed by atoms with Gasteiger partial charge in [0.25, 0.3) is 0 Å². The zero-order valence-electron chi connectivity index (χ0n) is 9.30. The normalized spacial score (nSPS) is 11.2.